The molecule has 3 rings (SSSR count). The maximum absolute atomic E-state index is 11.4. The molecule has 3 aromatic carbocycles. The first-order valence-corrected chi connectivity index (χ1v) is 8.87. The van der Waals surface area contributed by atoms with Crippen LogP contribution in [-0.2, 0) is 11.3 Å². The van der Waals surface area contributed by atoms with Crippen LogP contribution in [0, 0.1) is 11.8 Å². The Hall–Kier alpha value is -3.61. The fraction of sp³-hybridized carbons (Fsp3) is 0.0800. The number of aliphatic hydroxyl groups is 1. The van der Waals surface area contributed by atoms with Gasteiger partial charge in [0, 0.05) is 5.56 Å². The first kappa shape index (κ1) is 19.2. The molecule has 1 N–H and O–H groups in total. The summed E-state index contributed by atoms with van der Waals surface area (Å²) in [5.41, 5.74) is 5.47. The number of rotatable bonds is 4. The van der Waals surface area contributed by atoms with E-state index >= 15 is 0 Å². The highest BCUT2D eigenvalue weighted by molar-refractivity contribution is 5.89. The lowest BCUT2D eigenvalue weighted by molar-refractivity contribution is 0.0600. The van der Waals surface area contributed by atoms with E-state index < -0.39 is 0 Å². The fourth-order valence-electron chi connectivity index (χ4n) is 2.76. The quantitative estimate of drug-likeness (QED) is 0.536. The predicted octanol–water partition coefficient (Wildman–Crippen LogP) is 4.70. The van der Waals surface area contributed by atoms with Crippen LogP contribution in [0.25, 0.3) is 17.2 Å². The number of carbonyl (C=O) groups is 1. The van der Waals surface area contributed by atoms with E-state index in [2.05, 4.69) is 22.6 Å². The number of esters is 1. The molecule has 0 saturated heterocycles. The summed E-state index contributed by atoms with van der Waals surface area (Å²) < 4.78 is 4.69. The third-order valence-electron chi connectivity index (χ3n) is 4.28. The molecule has 0 aliphatic carbocycles. The molecule has 138 valence electrons. The van der Waals surface area contributed by atoms with Crippen LogP contribution < -0.4 is 0 Å². The summed E-state index contributed by atoms with van der Waals surface area (Å²) in [6.07, 6.45) is 3.79. The number of methoxy groups -OCH3 is 1. The van der Waals surface area contributed by atoms with Crippen molar-refractivity contribution in [1.29, 1.82) is 0 Å². The van der Waals surface area contributed by atoms with Gasteiger partial charge in [-0.25, -0.2) is 4.79 Å². The standard InChI is InChI=1S/C25H20O3/c1-28-25(27)23-16-10-19(11-17-23)6-2-3-7-21-8-4-5-9-24(21)22-14-12-20(18-26)13-15-22/h3-5,7-17,26H,18H2,1H3. The Bertz CT molecular complexity index is 1030. The van der Waals surface area contributed by atoms with E-state index in [4.69, 9.17) is 0 Å². The Morgan fingerprint density at radius 1 is 1.00 bits per heavy atom. The van der Waals surface area contributed by atoms with E-state index in [1.807, 2.05) is 54.6 Å². The van der Waals surface area contributed by atoms with Crippen LogP contribution in [0.5, 0.6) is 0 Å². The van der Waals surface area contributed by atoms with Crippen LogP contribution in [-0.4, -0.2) is 18.2 Å². The molecule has 0 aliphatic rings. The maximum Gasteiger partial charge on any atom is 0.337 e. The molecule has 0 saturated carbocycles. The number of carbonyl (C=O) groups excluding carboxylic acids is 1. The topological polar surface area (TPSA) is 46.5 Å². The first-order valence-electron chi connectivity index (χ1n) is 8.87. The van der Waals surface area contributed by atoms with Crippen LogP contribution >= 0.6 is 0 Å². The lowest BCUT2D eigenvalue weighted by atomic mass is 9.98. The van der Waals surface area contributed by atoms with E-state index in [0.29, 0.717) is 5.56 Å². The average molecular weight is 368 g/mol. The number of ether oxygens (including phenoxy) is 1. The number of allylic oxidation sites excluding steroid dienone is 1. The van der Waals surface area contributed by atoms with Gasteiger partial charge in [0.05, 0.1) is 19.3 Å². The largest absolute Gasteiger partial charge is 0.465 e. The predicted molar refractivity (Wildman–Crippen MR) is 111 cm³/mol. The molecule has 0 bridgehead atoms. The van der Waals surface area contributed by atoms with Gasteiger partial charge in [-0.15, -0.1) is 0 Å². The molecule has 0 aromatic heterocycles. The van der Waals surface area contributed by atoms with E-state index in [9.17, 15) is 9.90 Å². The second-order valence-electron chi connectivity index (χ2n) is 6.11. The lowest BCUT2D eigenvalue weighted by Crippen LogP contribution is -2.00. The van der Waals surface area contributed by atoms with Gasteiger partial charge in [-0.3, -0.25) is 0 Å². The minimum absolute atomic E-state index is 0.0397. The Balaban J connectivity index is 1.77. The molecule has 0 radical (unpaired) electrons. The summed E-state index contributed by atoms with van der Waals surface area (Å²) in [5, 5.41) is 9.20. The van der Waals surface area contributed by atoms with Gasteiger partial charge in [0.25, 0.3) is 0 Å². The SMILES string of the molecule is COC(=O)c1ccc(C#CC=Cc2ccccc2-c2ccc(CO)cc2)cc1. The smallest absolute Gasteiger partial charge is 0.337 e. The fourth-order valence-corrected chi connectivity index (χ4v) is 2.76. The van der Waals surface area contributed by atoms with Crippen LogP contribution in [0.1, 0.15) is 27.0 Å². The third kappa shape index (κ3) is 4.76. The van der Waals surface area contributed by atoms with E-state index in [1.54, 1.807) is 24.3 Å². The van der Waals surface area contributed by atoms with Crippen molar-refractivity contribution in [3.05, 3.63) is 101 Å². The van der Waals surface area contributed by atoms with Gasteiger partial charge in [0.1, 0.15) is 0 Å². The van der Waals surface area contributed by atoms with Gasteiger partial charge in [0.2, 0.25) is 0 Å². The maximum atomic E-state index is 11.4. The zero-order valence-electron chi connectivity index (χ0n) is 15.6. The molecule has 0 spiro atoms. The number of benzene rings is 3. The van der Waals surface area contributed by atoms with E-state index in [1.165, 1.54) is 7.11 Å². The van der Waals surface area contributed by atoms with Crippen LogP contribution in [0.2, 0.25) is 0 Å². The molecule has 3 aromatic rings. The molecule has 0 atom stereocenters. The summed E-state index contributed by atoms with van der Waals surface area (Å²) in [7, 11) is 1.36. The van der Waals surface area contributed by atoms with Gasteiger partial charge < -0.3 is 9.84 Å². The normalized spacial score (nSPS) is 10.4. The monoisotopic (exact) mass is 368 g/mol. The minimum Gasteiger partial charge on any atom is -0.465 e. The molecule has 3 heteroatoms. The van der Waals surface area contributed by atoms with Gasteiger partial charge in [-0.1, -0.05) is 60.4 Å². The third-order valence-corrected chi connectivity index (χ3v) is 4.28. The highest BCUT2D eigenvalue weighted by Gasteiger charge is 2.03. The minimum atomic E-state index is -0.358. The van der Waals surface area contributed by atoms with Crippen molar-refractivity contribution in [3.63, 3.8) is 0 Å². The molecule has 0 heterocycles. The Kier molecular flexibility index (Phi) is 6.41. The first-order chi connectivity index (χ1) is 13.7. The summed E-state index contributed by atoms with van der Waals surface area (Å²) in [6, 6.07) is 22.9. The number of hydrogen-bond donors (Lipinski definition) is 1. The van der Waals surface area contributed by atoms with Crippen molar-refractivity contribution in [1.82, 2.24) is 0 Å². The lowest BCUT2D eigenvalue weighted by Gasteiger charge is -2.06. The van der Waals surface area contributed by atoms with Gasteiger partial charge in [0.15, 0.2) is 0 Å². The zero-order valence-corrected chi connectivity index (χ0v) is 15.6. The molecular formula is C25H20O3. The van der Waals surface area contributed by atoms with Crippen molar-refractivity contribution in [2.24, 2.45) is 0 Å². The van der Waals surface area contributed by atoms with Gasteiger partial charge >= 0.3 is 5.97 Å². The van der Waals surface area contributed by atoms with Crippen molar-refractivity contribution in [2.75, 3.05) is 7.11 Å². The van der Waals surface area contributed by atoms with Crippen molar-refractivity contribution < 1.29 is 14.6 Å². The van der Waals surface area contributed by atoms with Crippen LogP contribution in [0.3, 0.4) is 0 Å². The zero-order chi connectivity index (χ0) is 19.8. The molecular weight excluding hydrogens is 348 g/mol. The van der Waals surface area contributed by atoms with Crippen LogP contribution in [0.15, 0.2) is 78.9 Å². The molecule has 0 aliphatic heterocycles. The molecule has 0 unspecified atom stereocenters. The molecule has 0 fully saturated rings. The molecule has 0 amide bonds. The second-order valence-corrected chi connectivity index (χ2v) is 6.11. The highest BCUT2D eigenvalue weighted by atomic mass is 16.5. The molecule has 28 heavy (non-hydrogen) atoms. The second kappa shape index (κ2) is 9.36. The molecule has 3 nitrogen and oxygen atoms in total. The Labute approximate surface area is 164 Å². The van der Waals surface area contributed by atoms with E-state index in [0.717, 1.165) is 27.8 Å². The summed E-state index contributed by atoms with van der Waals surface area (Å²) in [5.74, 6) is 5.73. The van der Waals surface area contributed by atoms with Crippen molar-refractivity contribution in [2.45, 2.75) is 6.61 Å². The Morgan fingerprint density at radius 2 is 1.71 bits per heavy atom. The summed E-state index contributed by atoms with van der Waals surface area (Å²) >= 11 is 0. The Morgan fingerprint density at radius 3 is 2.39 bits per heavy atom. The van der Waals surface area contributed by atoms with Crippen molar-refractivity contribution in [3.8, 4) is 23.0 Å². The number of aliphatic hydroxyl groups excluding tert-OH is 1. The average Bonchev–Trinajstić information content (AvgIpc) is 2.77. The highest BCUT2D eigenvalue weighted by Crippen LogP contribution is 2.25. The van der Waals surface area contributed by atoms with Crippen molar-refractivity contribution >= 4 is 12.0 Å². The van der Waals surface area contributed by atoms with Crippen LogP contribution in [0.4, 0.5) is 0 Å². The van der Waals surface area contributed by atoms with Gasteiger partial charge in [-0.05, 0) is 58.7 Å². The number of hydrogen-bond acceptors (Lipinski definition) is 3. The summed E-state index contributed by atoms with van der Waals surface area (Å²) in [4.78, 5) is 11.4. The van der Waals surface area contributed by atoms with Gasteiger partial charge in [-0.2, -0.15) is 0 Å². The summed E-state index contributed by atoms with van der Waals surface area (Å²) in [6.45, 7) is 0.0397. The van der Waals surface area contributed by atoms with E-state index in [-0.39, 0.29) is 12.6 Å².